The average molecular weight is 331 g/mol. The minimum Gasteiger partial charge on any atom is -0.310 e. The van der Waals surface area contributed by atoms with Crippen LogP contribution in [0, 0.1) is 12.8 Å². The Hall–Kier alpha value is -2.88. The first-order valence-corrected chi connectivity index (χ1v) is 8.72. The number of hydrogen-bond acceptors (Lipinski definition) is 2. The number of imidazole rings is 1. The van der Waals surface area contributed by atoms with E-state index in [9.17, 15) is 4.79 Å². The van der Waals surface area contributed by atoms with Crippen LogP contribution in [0.1, 0.15) is 24.8 Å². The van der Waals surface area contributed by atoms with Gasteiger partial charge >= 0.3 is 0 Å². The van der Waals surface area contributed by atoms with Crippen LogP contribution in [0.2, 0.25) is 0 Å². The zero-order chi connectivity index (χ0) is 17.2. The van der Waals surface area contributed by atoms with Gasteiger partial charge in [0.15, 0.2) is 0 Å². The molecule has 4 heteroatoms. The molecule has 0 aliphatic heterocycles. The van der Waals surface area contributed by atoms with Gasteiger partial charge in [-0.25, -0.2) is 4.98 Å². The molecular weight excluding hydrogens is 310 g/mol. The Morgan fingerprint density at radius 3 is 2.76 bits per heavy atom. The van der Waals surface area contributed by atoms with Gasteiger partial charge in [-0.2, -0.15) is 0 Å². The molecule has 1 aliphatic rings. The van der Waals surface area contributed by atoms with Gasteiger partial charge in [-0.05, 0) is 37.8 Å². The van der Waals surface area contributed by atoms with Crippen molar-refractivity contribution in [2.45, 2.75) is 26.2 Å². The Kier molecular flexibility index (Phi) is 4.10. The predicted molar refractivity (Wildman–Crippen MR) is 100 cm³/mol. The van der Waals surface area contributed by atoms with Gasteiger partial charge in [0, 0.05) is 17.7 Å². The number of allylic oxidation sites excluding steroid dienone is 2. The molecule has 1 amide bonds. The highest BCUT2D eigenvalue weighted by Crippen LogP contribution is 2.30. The van der Waals surface area contributed by atoms with Crippen LogP contribution in [-0.2, 0) is 4.79 Å². The van der Waals surface area contributed by atoms with Crippen LogP contribution in [0.15, 0.2) is 60.8 Å². The van der Waals surface area contributed by atoms with Crippen LogP contribution in [0.3, 0.4) is 0 Å². The van der Waals surface area contributed by atoms with Crippen LogP contribution in [0.4, 0.5) is 5.82 Å². The van der Waals surface area contributed by atoms with Crippen LogP contribution in [0.5, 0.6) is 0 Å². The number of benzene rings is 1. The highest BCUT2D eigenvalue weighted by Gasteiger charge is 2.22. The zero-order valence-electron chi connectivity index (χ0n) is 14.3. The summed E-state index contributed by atoms with van der Waals surface area (Å²) >= 11 is 0. The second-order valence-corrected chi connectivity index (χ2v) is 6.58. The summed E-state index contributed by atoms with van der Waals surface area (Å²) in [7, 11) is 0. The minimum absolute atomic E-state index is 0.0315. The maximum absolute atomic E-state index is 12.8. The summed E-state index contributed by atoms with van der Waals surface area (Å²) in [5, 5.41) is 3.16. The van der Waals surface area contributed by atoms with E-state index in [1.54, 1.807) is 0 Å². The number of nitrogens with one attached hydrogen (secondary N) is 1. The maximum Gasteiger partial charge on any atom is 0.228 e. The molecule has 0 radical (unpaired) electrons. The number of rotatable bonds is 3. The quantitative estimate of drug-likeness (QED) is 0.713. The molecule has 25 heavy (non-hydrogen) atoms. The molecule has 0 saturated heterocycles. The van der Waals surface area contributed by atoms with Gasteiger partial charge in [0.05, 0.1) is 0 Å². The van der Waals surface area contributed by atoms with E-state index in [0.29, 0.717) is 0 Å². The lowest BCUT2D eigenvalue weighted by atomic mass is 9.93. The topological polar surface area (TPSA) is 46.4 Å². The van der Waals surface area contributed by atoms with Crippen molar-refractivity contribution in [3.63, 3.8) is 0 Å². The molecule has 0 saturated carbocycles. The van der Waals surface area contributed by atoms with E-state index in [4.69, 9.17) is 4.98 Å². The number of amides is 1. The SMILES string of the molecule is Cc1ccc2nc(-c3ccccc3)c(NC(=O)C3CC=CCC3)n2c1. The largest absolute Gasteiger partial charge is 0.310 e. The summed E-state index contributed by atoms with van der Waals surface area (Å²) in [6, 6.07) is 14.0. The molecule has 1 unspecified atom stereocenters. The molecule has 0 bridgehead atoms. The summed E-state index contributed by atoms with van der Waals surface area (Å²) in [6.45, 7) is 2.04. The Labute approximate surface area is 147 Å². The van der Waals surface area contributed by atoms with Crippen LogP contribution in [0.25, 0.3) is 16.9 Å². The fourth-order valence-corrected chi connectivity index (χ4v) is 3.32. The van der Waals surface area contributed by atoms with E-state index < -0.39 is 0 Å². The van der Waals surface area contributed by atoms with Gasteiger partial charge in [-0.15, -0.1) is 0 Å². The predicted octanol–water partition coefficient (Wildman–Crippen LogP) is 4.60. The third kappa shape index (κ3) is 3.07. The van der Waals surface area contributed by atoms with Gasteiger partial charge in [0.25, 0.3) is 0 Å². The number of aromatic nitrogens is 2. The van der Waals surface area contributed by atoms with Crippen molar-refractivity contribution in [3.05, 3.63) is 66.4 Å². The van der Waals surface area contributed by atoms with Crippen LogP contribution in [-0.4, -0.2) is 15.3 Å². The van der Waals surface area contributed by atoms with E-state index in [1.807, 2.05) is 60.0 Å². The highest BCUT2D eigenvalue weighted by molar-refractivity contribution is 5.96. The van der Waals surface area contributed by atoms with Gasteiger partial charge < -0.3 is 5.32 Å². The standard InChI is InChI=1S/C21H21N3O/c1-15-12-13-18-22-19(16-8-4-2-5-9-16)20(24(18)14-15)23-21(25)17-10-6-3-7-11-17/h2-6,8-9,12-14,17H,7,10-11H2,1H3,(H,23,25). The third-order valence-corrected chi connectivity index (χ3v) is 4.70. The van der Waals surface area contributed by atoms with Gasteiger partial charge in [-0.1, -0.05) is 48.6 Å². The molecule has 4 nitrogen and oxygen atoms in total. The number of pyridine rings is 1. The second kappa shape index (κ2) is 6.55. The molecule has 1 aliphatic carbocycles. The lowest BCUT2D eigenvalue weighted by Crippen LogP contribution is -2.24. The number of carbonyl (C=O) groups is 1. The summed E-state index contributed by atoms with van der Waals surface area (Å²) in [4.78, 5) is 17.5. The molecule has 126 valence electrons. The first kappa shape index (κ1) is 15.6. The van der Waals surface area contributed by atoms with Gasteiger partial charge in [-0.3, -0.25) is 9.20 Å². The zero-order valence-corrected chi connectivity index (χ0v) is 14.3. The molecule has 1 atom stereocenters. The monoisotopic (exact) mass is 331 g/mol. The number of anilines is 1. The van der Waals surface area contributed by atoms with Crippen LogP contribution >= 0.6 is 0 Å². The molecular formula is C21H21N3O. The lowest BCUT2D eigenvalue weighted by molar-refractivity contribution is -0.120. The fraction of sp³-hybridized carbons (Fsp3) is 0.238. The van der Waals surface area contributed by atoms with E-state index in [-0.39, 0.29) is 11.8 Å². The highest BCUT2D eigenvalue weighted by atomic mass is 16.2. The summed E-state index contributed by atoms with van der Waals surface area (Å²) in [5.41, 5.74) is 3.78. The van der Waals surface area contributed by atoms with Crippen molar-refractivity contribution >= 4 is 17.4 Å². The summed E-state index contributed by atoms with van der Waals surface area (Å²) in [5.74, 6) is 0.860. The van der Waals surface area contributed by atoms with Crippen molar-refractivity contribution in [1.29, 1.82) is 0 Å². The molecule has 3 aromatic rings. The molecule has 0 spiro atoms. The average Bonchev–Trinajstić information content (AvgIpc) is 3.01. The Morgan fingerprint density at radius 2 is 2.00 bits per heavy atom. The van der Waals surface area contributed by atoms with Crippen molar-refractivity contribution in [1.82, 2.24) is 9.38 Å². The molecule has 2 heterocycles. The Balaban J connectivity index is 1.78. The van der Waals surface area contributed by atoms with Crippen molar-refractivity contribution in [2.75, 3.05) is 5.32 Å². The van der Waals surface area contributed by atoms with Crippen molar-refractivity contribution in [2.24, 2.45) is 5.92 Å². The maximum atomic E-state index is 12.8. The van der Waals surface area contributed by atoms with Crippen molar-refractivity contribution in [3.8, 4) is 11.3 Å². The third-order valence-electron chi connectivity index (χ3n) is 4.70. The van der Waals surface area contributed by atoms with E-state index in [2.05, 4.69) is 17.5 Å². The van der Waals surface area contributed by atoms with Crippen molar-refractivity contribution < 1.29 is 4.79 Å². The summed E-state index contributed by atoms with van der Waals surface area (Å²) in [6.07, 6.45) is 8.95. The first-order chi connectivity index (χ1) is 12.2. The number of fused-ring (bicyclic) bond motifs is 1. The number of aryl methyl sites for hydroxylation is 1. The molecule has 4 rings (SSSR count). The second-order valence-electron chi connectivity index (χ2n) is 6.58. The van der Waals surface area contributed by atoms with Gasteiger partial charge in [0.2, 0.25) is 5.91 Å². The summed E-state index contributed by atoms with van der Waals surface area (Å²) < 4.78 is 1.98. The van der Waals surface area contributed by atoms with E-state index >= 15 is 0 Å². The number of hydrogen-bond donors (Lipinski definition) is 1. The Morgan fingerprint density at radius 1 is 1.16 bits per heavy atom. The van der Waals surface area contributed by atoms with E-state index in [1.165, 1.54) is 0 Å². The lowest BCUT2D eigenvalue weighted by Gasteiger charge is -2.17. The Bertz CT molecular complexity index is 940. The number of carbonyl (C=O) groups excluding carboxylic acids is 1. The molecule has 2 aromatic heterocycles. The minimum atomic E-state index is 0.0315. The fourth-order valence-electron chi connectivity index (χ4n) is 3.32. The van der Waals surface area contributed by atoms with Crippen LogP contribution < -0.4 is 5.32 Å². The first-order valence-electron chi connectivity index (χ1n) is 8.72. The normalized spacial score (nSPS) is 16.9. The molecule has 0 fully saturated rings. The van der Waals surface area contributed by atoms with E-state index in [0.717, 1.165) is 47.5 Å². The number of nitrogens with zero attached hydrogens (tertiary/aromatic N) is 2. The van der Waals surface area contributed by atoms with Gasteiger partial charge in [0.1, 0.15) is 17.2 Å². The smallest absolute Gasteiger partial charge is 0.228 e. The molecule has 1 aromatic carbocycles. The molecule has 1 N–H and O–H groups in total.